The summed E-state index contributed by atoms with van der Waals surface area (Å²) in [5.74, 6) is -2.32. The number of halogens is 1. The minimum absolute atomic E-state index is 0.0158. The highest BCUT2D eigenvalue weighted by molar-refractivity contribution is 9.09. The number of carbonyl (C=O) groups is 3. The number of nitrogens with one attached hydrogen (secondary N) is 2. The number of β-amino-alcohol motifs (C(OH)–C–C–N with tert-alkyl or cyclic N) is 1. The number of likely N-dealkylation sites (tertiary alicyclic amines) is 1. The molecule has 9 heteroatoms. The van der Waals surface area contributed by atoms with Gasteiger partial charge in [-0.15, -0.1) is 0 Å². The fourth-order valence-electron chi connectivity index (χ4n) is 5.13. The number of nitrogens with zero attached hydrogens (tertiary/aromatic N) is 1. The van der Waals surface area contributed by atoms with Crippen molar-refractivity contribution in [1.82, 2.24) is 15.5 Å². The fraction of sp³-hybridized carbons (Fsp3) is 0.550. The Kier molecular flexibility index (Phi) is 5.39. The molecule has 29 heavy (non-hydrogen) atoms. The molecular formula is C20H24BrN3O5. The van der Waals surface area contributed by atoms with Crippen LogP contribution in [0.2, 0.25) is 0 Å². The number of rotatable bonds is 6. The van der Waals surface area contributed by atoms with Gasteiger partial charge in [0.25, 0.3) is 0 Å². The standard InChI is InChI=1S/C20H24BrN3O5/c1-22-17(26)13-14-19(28)24(7-8-25)16(20(14)9-12(21)15(13)29-20)18(27)23-10-11-5-3-2-4-6-11/h2-6,12-16,25H,7-10H2,1H3,(H,22,26)(H,23,27)/t12?,13-,14-,15-,16?,20?/m0/s1. The van der Waals surface area contributed by atoms with E-state index >= 15 is 0 Å². The zero-order valence-electron chi connectivity index (χ0n) is 16.0. The lowest BCUT2D eigenvalue weighted by Gasteiger charge is -2.33. The van der Waals surface area contributed by atoms with E-state index in [0.717, 1.165) is 5.56 Å². The Hall–Kier alpha value is -1.97. The summed E-state index contributed by atoms with van der Waals surface area (Å²) < 4.78 is 6.25. The predicted molar refractivity (Wildman–Crippen MR) is 107 cm³/mol. The van der Waals surface area contributed by atoms with E-state index in [-0.39, 0.29) is 35.7 Å². The molecule has 3 fully saturated rings. The van der Waals surface area contributed by atoms with E-state index in [1.165, 1.54) is 11.9 Å². The molecule has 2 bridgehead atoms. The molecule has 3 saturated heterocycles. The lowest BCUT2D eigenvalue weighted by molar-refractivity contribution is -0.142. The average molecular weight is 466 g/mol. The summed E-state index contributed by atoms with van der Waals surface area (Å²) in [6.07, 6.45) is -0.0167. The average Bonchev–Trinajstić information content (AvgIpc) is 3.31. The largest absolute Gasteiger partial charge is 0.395 e. The maximum atomic E-state index is 13.2. The second-order valence-corrected chi connectivity index (χ2v) is 8.91. The molecule has 1 aromatic carbocycles. The van der Waals surface area contributed by atoms with Crippen LogP contribution in [0, 0.1) is 11.8 Å². The van der Waals surface area contributed by atoms with Crippen LogP contribution >= 0.6 is 15.9 Å². The van der Waals surface area contributed by atoms with Crippen molar-refractivity contribution in [3.05, 3.63) is 35.9 Å². The summed E-state index contributed by atoms with van der Waals surface area (Å²) in [5, 5.41) is 15.0. The topological polar surface area (TPSA) is 108 Å². The highest BCUT2D eigenvalue weighted by atomic mass is 79.9. The minimum Gasteiger partial charge on any atom is -0.395 e. The third-order valence-electron chi connectivity index (χ3n) is 6.24. The molecular weight excluding hydrogens is 442 g/mol. The quantitative estimate of drug-likeness (QED) is 0.503. The first kappa shape index (κ1) is 20.3. The first-order valence-corrected chi connectivity index (χ1v) is 10.6. The number of hydrogen-bond acceptors (Lipinski definition) is 5. The van der Waals surface area contributed by atoms with E-state index in [9.17, 15) is 19.5 Å². The van der Waals surface area contributed by atoms with Crippen molar-refractivity contribution in [2.24, 2.45) is 11.8 Å². The smallest absolute Gasteiger partial charge is 0.246 e. The number of aliphatic hydroxyl groups excluding tert-OH is 1. The fourth-order valence-corrected chi connectivity index (χ4v) is 6.07. The first-order valence-electron chi connectivity index (χ1n) is 9.71. The zero-order valence-corrected chi connectivity index (χ0v) is 17.6. The molecule has 6 atom stereocenters. The molecule has 0 aromatic heterocycles. The number of hydrogen-bond donors (Lipinski definition) is 3. The predicted octanol–water partition coefficient (Wildman–Crippen LogP) is -0.211. The Morgan fingerprint density at radius 1 is 1.31 bits per heavy atom. The minimum atomic E-state index is -1.08. The molecule has 8 nitrogen and oxygen atoms in total. The number of benzene rings is 1. The van der Waals surface area contributed by atoms with Gasteiger partial charge in [0.2, 0.25) is 17.7 Å². The van der Waals surface area contributed by atoms with Gasteiger partial charge in [0, 0.05) is 25.0 Å². The Labute approximate surface area is 177 Å². The molecule has 3 aliphatic heterocycles. The van der Waals surface area contributed by atoms with E-state index in [0.29, 0.717) is 13.0 Å². The van der Waals surface area contributed by atoms with Crippen LogP contribution in [0.4, 0.5) is 0 Å². The molecule has 3 amide bonds. The van der Waals surface area contributed by atoms with Gasteiger partial charge in [-0.2, -0.15) is 0 Å². The normalized spacial score (nSPS) is 34.9. The third-order valence-corrected chi connectivity index (χ3v) is 7.08. The van der Waals surface area contributed by atoms with Crippen molar-refractivity contribution in [3.8, 4) is 0 Å². The van der Waals surface area contributed by atoms with Gasteiger partial charge < -0.3 is 25.4 Å². The summed E-state index contributed by atoms with van der Waals surface area (Å²) in [6, 6.07) is 8.58. The number of carbonyl (C=O) groups excluding carboxylic acids is 3. The molecule has 4 rings (SSSR count). The van der Waals surface area contributed by atoms with E-state index < -0.39 is 29.6 Å². The second kappa shape index (κ2) is 7.70. The zero-order chi connectivity index (χ0) is 20.8. The van der Waals surface area contributed by atoms with Gasteiger partial charge in [-0.05, 0) is 12.0 Å². The van der Waals surface area contributed by atoms with Gasteiger partial charge in [0.1, 0.15) is 11.6 Å². The van der Waals surface area contributed by atoms with Crippen molar-refractivity contribution in [2.45, 2.75) is 35.5 Å². The van der Waals surface area contributed by atoms with Crippen molar-refractivity contribution < 1.29 is 24.2 Å². The molecule has 156 valence electrons. The van der Waals surface area contributed by atoms with Crippen LogP contribution in [0.1, 0.15) is 12.0 Å². The molecule has 0 radical (unpaired) electrons. The van der Waals surface area contributed by atoms with Crippen LogP contribution in [0.5, 0.6) is 0 Å². The van der Waals surface area contributed by atoms with E-state index in [1.807, 2.05) is 30.3 Å². The van der Waals surface area contributed by atoms with E-state index in [1.54, 1.807) is 0 Å². The van der Waals surface area contributed by atoms with Gasteiger partial charge >= 0.3 is 0 Å². The van der Waals surface area contributed by atoms with Crippen molar-refractivity contribution >= 4 is 33.7 Å². The van der Waals surface area contributed by atoms with Crippen LogP contribution < -0.4 is 10.6 Å². The van der Waals surface area contributed by atoms with E-state index in [4.69, 9.17) is 4.74 Å². The van der Waals surface area contributed by atoms with Crippen molar-refractivity contribution in [3.63, 3.8) is 0 Å². The van der Waals surface area contributed by atoms with Gasteiger partial charge in [0.05, 0.1) is 24.5 Å². The van der Waals surface area contributed by atoms with Crippen LogP contribution in [0.15, 0.2) is 30.3 Å². The molecule has 3 N–H and O–H groups in total. The molecule has 3 unspecified atom stereocenters. The second-order valence-electron chi connectivity index (χ2n) is 7.74. The molecule has 0 saturated carbocycles. The van der Waals surface area contributed by atoms with E-state index in [2.05, 4.69) is 26.6 Å². The molecule has 1 spiro atoms. The molecule has 3 heterocycles. The molecule has 3 aliphatic rings. The highest BCUT2D eigenvalue weighted by Crippen LogP contribution is 2.59. The maximum Gasteiger partial charge on any atom is 0.246 e. The van der Waals surface area contributed by atoms with Crippen LogP contribution in [-0.2, 0) is 25.7 Å². The van der Waals surface area contributed by atoms with Crippen LogP contribution in [0.25, 0.3) is 0 Å². The molecule has 1 aromatic rings. The lowest BCUT2D eigenvalue weighted by Crippen LogP contribution is -2.56. The Morgan fingerprint density at radius 3 is 2.69 bits per heavy atom. The Morgan fingerprint density at radius 2 is 2.03 bits per heavy atom. The first-order chi connectivity index (χ1) is 13.9. The van der Waals surface area contributed by atoms with Gasteiger partial charge in [-0.3, -0.25) is 14.4 Å². The van der Waals surface area contributed by atoms with Crippen molar-refractivity contribution in [2.75, 3.05) is 20.2 Å². The monoisotopic (exact) mass is 465 g/mol. The summed E-state index contributed by atoms with van der Waals surface area (Å²) >= 11 is 3.58. The Balaban J connectivity index is 1.65. The van der Waals surface area contributed by atoms with Crippen molar-refractivity contribution in [1.29, 1.82) is 0 Å². The maximum absolute atomic E-state index is 13.2. The van der Waals surface area contributed by atoms with Crippen LogP contribution in [-0.4, -0.2) is 70.5 Å². The Bertz CT molecular complexity index is 822. The summed E-state index contributed by atoms with van der Waals surface area (Å²) in [7, 11) is 1.53. The van der Waals surface area contributed by atoms with Gasteiger partial charge in [-0.25, -0.2) is 0 Å². The molecule has 0 aliphatic carbocycles. The SMILES string of the molecule is CNC(=O)[C@H]1[C@H]2C(=O)N(CCO)C(C(=O)NCc3ccccc3)C23CC(Br)[C@@H]1O3. The van der Waals surface area contributed by atoms with Gasteiger partial charge in [-0.1, -0.05) is 46.3 Å². The lowest BCUT2D eigenvalue weighted by atomic mass is 9.70. The third kappa shape index (κ3) is 3.06. The summed E-state index contributed by atoms with van der Waals surface area (Å²) in [5.41, 5.74) is -0.144. The number of alkyl halides is 1. The number of amides is 3. The number of fused-ring (bicyclic) bond motifs is 1. The summed E-state index contributed by atoms with van der Waals surface area (Å²) in [6.45, 7) is 0.0584. The number of ether oxygens (including phenoxy) is 1. The number of aliphatic hydroxyl groups is 1. The highest BCUT2D eigenvalue weighted by Gasteiger charge is 2.76. The van der Waals surface area contributed by atoms with Crippen LogP contribution in [0.3, 0.4) is 0 Å². The van der Waals surface area contributed by atoms with Gasteiger partial charge in [0.15, 0.2) is 0 Å². The summed E-state index contributed by atoms with van der Waals surface area (Å²) in [4.78, 5) is 40.3.